The molecule has 1 aliphatic heterocycles. The maximum Gasteiger partial charge on any atom is 0.255 e. The molecule has 3 aromatic rings. The molecule has 0 saturated carbocycles. The van der Waals surface area contributed by atoms with Gasteiger partial charge in [-0.25, -0.2) is 4.39 Å². The molecule has 10 nitrogen and oxygen atoms in total. The largest absolute Gasteiger partial charge is 0.493 e. The second kappa shape index (κ2) is 15.1. The van der Waals surface area contributed by atoms with Crippen molar-refractivity contribution in [3.63, 3.8) is 0 Å². The van der Waals surface area contributed by atoms with Crippen LogP contribution in [0.3, 0.4) is 0 Å². The first-order valence-corrected chi connectivity index (χ1v) is 14.5. The van der Waals surface area contributed by atoms with Crippen LogP contribution in [0.25, 0.3) is 0 Å². The molecule has 0 spiro atoms. The van der Waals surface area contributed by atoms with Gasteiger partial charge in [-0.3, -0.25) is 14.4 Å². The van der Waals surface area contributed by atoms with E-state index in [0.717, 1.165) is 11.6 Å². The Kier molecular flexibility index (Phi) is 11.0. The van der Waals surface area contributed by atoms with E-state index in [1.165, 1.54) is 28.0 Å². The van der Waals surface area contributed by atoms with Gasteiger partial charge in [0.2, 0.25) is 11.8 Å². The number of carbonyl (C=O) groups excluding carboxylic acids is 3. The third-order valence-corrected chi connectivity index (χ3v) is 7.48. The fourth-order valence-electron chi connectivity index (χ4n) is 5.28. The lowest BCUT2D eigenvalue weighted by molar-refractivity contribution is -0.145. The third-order valence-electron chi connectivity index (χ3n) is 7.48. The number of piperazine rings is 1. The minimum Gasteiger partial charge on any atom is -0.493 e. The summed E-state index contributed by atoms with van der Waals surface area (Å²) in [5, 5.41) is 2.94. The average molecular weight is 620 g/mol. The van der Waals surface area contributed by atoms with Crippen molar-refractivity contribution in [3.05, 3.63) is 95.8 Å². The predicted octanol–water partition coefficient (Wildman–Crippen LogP) is 4.19. The number of nitrogens with one attached hydrogen (secondary N) is 1. The topological polar surface area (TPSA) is 107 Å². The Morgan fingerprint density at radius 2 is 1.76 bits per heavy atom. The molecule has 238 valence electrons. The Labute approximate surface area is 262 Å². The molecule has 0 aromatic heterocycles. The van der Waals surface area contributed by atoms with E-state index in [9.17, 15) is 18.8 Å². The zero-order valence-electron chi connectivity index (χ0n) is 25.9. The summed E-state index contributed by atoms with van der Waals surface area (Å²) in [5.41, 5.74) is 1.47. The van der Waals surface area contributed by atoms with Gasteiger partial charge in [0.05, 0.1) is 26.9 Å². The molecule has 1 saturated heterocycles. The summed E-state index contributed by atoms with van der Waals surface area (Å²) in [6.45, 7) is 5.97. The van der Waals surface area contributed by atoms with Gasteiger partial charge >= 0.3 is 0 Å². The highest BCUT2D eigenvalue weighted by atomic mass is 19.1. The smallest absolute Gasteiger partial charge is 0.255 e. The molecule has 0 bridgehead atoms. The van der Waals surface area contributed by atoms with Crippen LogP contribution in [0, 0.1) is 5.82 Å². The summed E-state index contributed by atoms with van der Waals surface area (Å²) in [6, 6.07) is 13.7. The molecule has 0 radical (unpaired) electrons. The van der Waals surface area contributed by atoms with Crippen molar-refractivity contribution < 1.29 is 37.7 Å². The lowest BCUT2D eigenvalue weighted by atomic mass is 9.92. The van der Waals surface area contributed by atoms with E-state index in [1.54, 1.807) is 51.6 Å². The minimum atomic E-state index is -1.15. The second-order valence-electron chi connectivity index (χ2n) is 10.3. The number of ether oxygens (including phenoxy) is 4. The molecule has 0 aliphatic carbocycles. The molecular weight excluding hydrogens is 581 g/mol. The minimum absolute atomic E-state index is 0.0254. The van der Waals surface area contributed by atoms with Crippen LogP contribution in [0.2, 0.25) is 0 Å². The molecular formula is C34H38FN3O7. The molecule has 3 aromatic carbocycles. The summed E-state index contributed by atoms with van der Waals surface area (Å²) >= 11 is 0. The summed E-state index contributed by atoms with van der Waals surface area (Å²) in [7, 11) is 4.68. The molecule has 0 unspecified atom stereocenters. The molecule has 11 heteroatoms. The molecule has 1 heterocycles. The van der Waals surface area contributed by atoms with Crippen molar-refractivity contribution in [3.8, 4) is 23.0 Å². The lowest BCUT2D eigenvalue weighted by Gasteiger charge is -2.45. The number of nitrogens with zero attached hydrogens (tertiary/aromatic N) is 2. The van der Waals surface area contributed by atoms with Crippen LogP contribution in [-0.2, 0) is 16.0 Å². The lowest BCUT2D eigenvalue weighted by Crippen LogP contribution is -2.63. The number of benzene rings is 3. The van der Waals surface area contributed by atoms with Gasteiger partial charge in [0.15, 0.2) is 23.0 Å². The molecule has 1 aliphatic rings. The Morgan fingerprint density at radius 3 is 2.44 bits per heavy atom. The Morgan fingerprint density at radius 1 is 1.00 bits per heavy atom. The quantitative estimate of drug-likeness (QED) is 0.286. The summed E-state index contributed by atoms with van der Waals surface area (Å²) in [5.74, 6) is -0.0817. The first-order valence-electron chi connectivity index (χ1n) is 14.5. The van der Waals surface area contributed by atoms with Gasteiger partial charge in [-0.05, 0) is 66.9 Å². The van der Waals surface area contributed by atoms with Gasteiger partial charge in [-0.1, -0.05) is 30.9 Å². The SMILES string of the molecule is C=CCOc1ccc([C@@H]2[C@@H](C(=O)NCCc3ccc(OC)c(OC)c3)N(C(=O)c3cccc(F)c3)CC(=O)N2C)cc1OCC. The number of hydrogen-bond acceptors (Lipinski definition) is 7. The van der Waals surface area contributed by atoms with Crippen molar-refractivity contribution in [2.45, 2.75) is 25.4 Å². The van der Waals surface area contributed by atoms with Crippen molar-refractivity contribution in [1.29, 1.82) is 0 Å². The highest BCUT2D eigenvalue weighted by molar-refractivity contribution is 6.01. The van der Waals surface area contributed by atoms with Gasteiger partial charge in [0.1, 0.15) is 25.0 Å². The van der Waals surface area contributed by atoms with E-state index >= 15 is 0 Å². The van der Waals surface area contributed by atoms with Gasteiger partial charge < -0.3 is 34.1 Å². The number of amides is 3. The van der Waals surface area contributed by atoms with E-state index in [4.69, 9.17) is 18.9 Å². The average Bonchev–Trinajstić information content (AvgIpc) is 3.04. The number of rotatable bonds is 13. The van der Waals surface area contributed by atoms with E-state index < -0.39 is 29.7 Å². The zero-order chi connectivity index (χ0) is 32.5. The molecule has 1 N–H and O–H groups in total. The second-order valence-corrected chi connectivity index (χ2v) is 10.3. The first kappa shape index (κ1) is 32.8. The maximum absolute atomic E-state index is 14.1. The van der Waals surface area contributed by atoms with E-state index in [0.29, 0.717) is 41.6 Å². The zero-order valence-corrected chi connectivity index (χ0v) is 25.9. The van der Waals surface area contributed by atoms with Crippen LogP contribution >= 0.6 is 0 Å². The van der Waals surface area contributed by atoms with Crippen LogP contribution in [0.5, 0.6) is 23.0 Å². The number of halogens is 1. The predicted molar refractivity (Wildman–Crippen MR) is 166 cm³/mol. The summed E-state index contributed by atoms with van der Waals surface area (Å²) < 4.78 is 36.4. The maximum atomic E-state index is 14.1. The summed E-state index contributed by atoms with van der Waals surface area (Å²) in [4.78, 5) is 43.8. The third kappa shape index (κ3) is 7.54. The van der Waals surface area contributed by atoms with E-state index in [2.05, 4.69) is 11.9 Å². The number of hydrogen-bond donors (Lipinski definition) is 1. The Bertz CT molecular complexity index is 1550. The number of likely N-dealkylation sites (N-methyl/N-ethyl adjacent to an activating group) is 1. The molecule has 45 heavy (non-hydrogen) atoms. The monoisotopic (exact) mass is 619 g/mol. The van der Waals surface area contributed by atoms with Crippen molar-refractivity contribution >= 4 is 17.7 Å². The highest BCUT2D eigenvalue weighted by Gasteiger charge is 2.46. The van der Waals surface area contributed by atoms with Gasteiger partial charge in [-0.15, -0.1) is 0 Å². The van der Waals surface area contributed by atoms with E-state index in [1.807, 2.05) is 19.1 Å². The molecule has 4 rings (SSSR count). The summed E-state index contributed by atoms with van der Waals surface area (Å²) in [6.07, 6.45) is 2.06. The van der Waals surface area contributed by atoms with Crippen molar-refractivity contribution in [2.75, 3.05) is 47.6 Å². The van der Waals surface area contributed by atoms with Crippen LogP contribution < -0.4 is 24.3 Å². The molecule has 3 amide bonds. The van der Waals surface area contributed by atoms with Gasteiger partial charge in [0, 0.05) is 19.2 Å². The van der Waals surface area contributed by atoms with Gasteiger partial charge in [-0.2, -0.15) is 0 Å². The highest BCUT2D eigenvalue weighted by Crippen LogP contribution is 2.37. The Hall–Kier alpha value is -5.06. The number of methoxy groups -OCH3 is 2. The van der Waals surface area contributed by atoms with Crippen LogP contribution in [0.1, 0.15) is 34.5 Å². The standard InChI is InChI=1S/C34H38FN3O7/c1-6-17-45-27-14-12-23(20-29(27)44-7-2)31-32(33(40)36-16-15-22-11-13-26(42-4)28(18-22)43-5)38(21-30(39)37(31)3)34(41)24-9-8-10-25(35)19-24/h6,8-14,18-20,31-32H,1,7,15-17,21H2,2-5H3,(H,36,40)/t31-,32+/m1/s1. The first-order chi connectivity index (χ1) is 21.7. The molecule has 1 fully saturated rings. The Balaban J connectivity index is 1.70. The van der Waals surface area contributed by atoms with Crippen molar-refractivity contribution in [2.24, 2.45) is 0 Å². The van der Waals surface area contributed by atoms with Crippen LogP contribution in [0.15, 0.2) is 73.3 Å². The molecule has 2 atom stereocenters. The van der Waals surface area contributed by atoms with Crippen LogP contribution in [0.4, 0.5) is 4.39 Å². The fraction of sp³-hybridized carbons (Fsp3) is 0.324. The van der Waals surface area contributed by atoms with Crippen molar-refractivity contribution in [1.82, 2.24) is 15.1 Å². The van der Waals surface area contributed by atoms with Gasteiger partial charge in [0.25, 0.3) is 5.91 Å². The van der Waals surface area contributed by atoms with E-state index in [-0.39, 0.29) is 31.2 Å². The van der Waals surface area contributed by atoms with Crippen LogP contribution in [-0.4, -0.2) is 81.1 Å². The fourth-order valence-corrected chi connectivity index (χ4v) is 5.28. The normalized spacial score (nSPS) is 16.2. The number of carbonyl (C=O) groups is 3.